The van der Waals surface area contributed by atoms with E-state index < -0.39 is 0 Å². The van der Waals surface area contributed by atoms with Crippen molar-refractivity contribution in [3.05, 3.63) is 0 Å². The Balaban J connectivity index is 2.05. The summed E-state index contributed by atoms with van der Waals surface area (Å²) in [6.07, 6.45) is 3.28. The molecule has 0 saturated carbocycles. The predicted molar refractivity (Wildman–Crippen MR) is 57.5 cm³/mol. The number of aliphatic hydroxyl groups is 1. The Labute approximate surface area is 90.6 Å². The number of aliphatic hydroxyl groups excluding tert-OH is 1. The third-order valence-corrected chi connectivity index (χ3v) is 3.71. The van der Waals surface area contributed by atoms with E-state index in [1.54, 1.807) is 0 Å². The lowest BCUT2D eigenvalue weighted by molar-refractivity contribution is -0.137. The van der Waals surface area contributed by atoms with Crippen LogP contribution in [-0.2, 0) is 4.79 Å². The number of amides is 1. The summed E-state index contributed by atoms with van der Waals surface area (Å²) in [4.78, 5) is 14.1. The standard InChI is InChI=1S/C11H20N2O2/c1-2-11(5-3-6-12-11)10(15)13-7-4-9(14)8-13/h9,12,14H,2-8H2,1H3. The fourth-order valence-electron chi connectivity index (χ4n) is 2.67. The van der Waals surface area contributed by atoms with Crippen molar-refractivity contribution >= 4 is 5.91 Å². The van der Waals surface area contributed by atoms with Gasteiger partial charge in [0.2, 0.25) is 5.91 Å². The molecule has 4 heteroatoms. The number of likely N-dealkylation sites (tertiary alicyclic amines) is 1. The van der Waals surface area contributed by atoms with Crippen molar-refractivity contribution in [1.82, 2.24) is 10.2 Å². The highest BCUT2D eigenvalue weighted by Gasteiger charge is 2.43. The van der Waals surface area contributed by atoms with Gasteiger partial charge < -0.3 is 15.3 Å². The van der Waals surface area contributed by atoms with Crippen LogP contribution < -0.4 is 5.32 Å². The van der Waals surface area contributed by atoms with Crippen LogP contribution in [0.15, 0.2) is 0 Å². The highest BCUT2D eigenvalue weighted by molar-refractivity contribution is 5.87. The molecule has 0 aliphatic carbocycles. The zero-order valence-electron chi connectivity index (χ0n) is 9.33. The van der Waals surface area contributed by atoms with E-state index in [0.29, 0.717) is 13.1 Å². The van der Waals surface area contributed by atoms with Gasteiger partial charge in [-0.1, -0.05) is 6.92 Å². The number of rotatable bonds is 2. The minimum absolute atomic E-state index is 0.194. The van der Waals surface area contributed by atoms with Crippen molar-refractivity contribution < 1.29 is 9.90 Å². The van der Waals surface area contributed by atoms with E-state index in [1.165, 1.54) is 0 Å². The summed E-state index contributed by atoms with van der Waals surface area (Å²) in [6.45, 7) is 4.23. The lowest BCUT2D eigenvalue weighted by atomic mass is 9.92. The summed E-state index contributed by atoms with van der Waals surface area (Å²) in [7, 11) is 0. The van der Waals surface area contributed by atoms with Crippen LogP contribution in [0.4, 0.5) is 0 Å². The van der Waals surface area contributed by atoms with E-state index in [4.69, 9.17) is 0 Å². The summed E-state index contributed by atoms with van der Waals surface area (Å²) in [5.74, 6) is 0.194. The minimum Gasteiger partial charge on any atom is -0.391 e. The summed E-state index contributed by atoms with van der Waals surface area (Å²) in [5.41, 5.74) is -0.329. The van der Waals surface area contributed by atoms with Gasteiger partial charge in [-0.05, 0) is 32.2 Å². The van der Waals surface area contributed by atoms with Crippen LogP contribution in [0.2, 0.25) is 0 Å². The molecule has 15 heavy (non-hydrogen) atoms. The third-order valence-electron chi connectivity index (χ3n) is 3.71. The first-order chi connectivity index (χ1) is 7.18. The second-order valence-corrected chi connectivity index (χ2v) is 4.66. The van der Waals surface area contributed by atoms with Crippen molar-refractivity contribution in [2.75, 3.05) is 19.6 Å². The highest BCUT2D eigenvalue weighted by atomic mass is 16.3. The zero-order valence-corrected chi connectivity index (χ0v) is 9.33. The summed E-state index contributed by atoms with van der Waals surface area (Å²) in [5, 5.41) is 12.8. The summed E-state index contributed by atoms with van der Waals surface area (Å²) >= 11 is 0. The van der Waals surface area contributed by atoms with Gasteiger partial charge in [0, 0.05) is 13.1 Å². The first-order valence-electron chi connectivity index (χ1n) is 5.90. The van der Waals surface area contributed by atoms with Crippen LogP contribution in [0.3, 0.4) is 0 Å². The SMILES string of the molecule is CCC1(C(=O)N2CCC(O)C2)CCCN1. The van der Waals surface area contributed by atoms with Gasteiger partial charge in [0.15, 0.2) is 0 Å². The Kier molecular flexibility index (Phi) is 2.98. The monoisotopic (exact) mass is 212 g/mol. The van der Waals surface area contributed by atoms with Gasteiger partial charge in [-0.2, -0.15) is 0 Å². The largest absolute Gasteiger partial charge is 0.391 e. The van der Waals surface area contributed by atoms with Crippen molar-refractivity contribution in [2.45, 2.75) is 44.2 Å². The normalized spacial score (nSPS) is 36.1. The average molecular weight is 212 g/mol. The molecule has 2 unspecified atom stereocenters. The first kappa shape index (κ1) is 10.9. The smallest absolute Gasteiger partial charge is 0.242 e. The Morgan fingerprint density at radius 2 is 2.47 bits per heavy atom. The Morgan fingerprint density at radius 3 is 2.93 bits per heavy atom. The van der Waals surface area contributed by atoms with E-state index in [9.17, 15) is 9.90 Å². The lowest BCUT2D eigenvalue weighted by Gasteiger charge is -2.31. The molecule has 0 spiro atoms. The molecule has 2 heterocycles. The second-order valence-electron chi connectivity index (χ2n) is 4.66. The molecule has 0 bridgehead atoms. The van der Waals surface area contributed by atoms with Crippen molar-refractivity contribution in [1.29, 1.82) is 0 Å². The number of nitrogens with one attached hydrogen (secondary N) is 1. The molecular weight excluding hydrogens is 192 g/mol. The van der Waals surface area contributed by atoms with Gasteiger partial charge in [0.05, 0.1) is 11.6 Å². The fourth-order valence-corrected chi connectivity index (χ4v) is 2.67. The Bertz CT molecular complexity index is 249. The number of β-amino-alcohol motifs (C(OH)–C–C–N with tert-alkyl or cyclic N) is 1. The van der Waals surface area contributed by atoms with Gasteiger partial charge in [-0.15, -0.1) is 0 Å². The molecule has 2 N–H and O–H groups in total. The molecule has 2 rings (SSSR count). The molecule has 4 nitrogen and oxygen atoms in total. The summed E-state index contributed by atoms with van der Waals surface area (Å²) in [6, 6.07) is 0. The van der Waals surface area contributed by atoms with Crippen molar-refractivity contribution in [3.8, 4) is 0 Å². The molecule has 2 fully saturated rings. The van der Waals surface area contributed by atoms with E-state index in [0.717, 1.165) is 32.2 Å². The maximum Gasteiger partial charge on any atom is 0.242 e. The van der Waals surface area contributed by atoms with Crippen LogP contribution in [0.5, 0.6) is 0 Å². The topological polar surface area (TPSA) is 52.6 Å². The third kappa shape index (κ3) is 1.88. The molecule has 86 valence electrons. The molecule has 0 aromatic rings. The van der Waals surface area contributed by atoms with Gasteiger partial charge >= 0.3 is 0 Å². The number of carbonyl (C=O) groups is 1. The van der Waals surface area contributed by atoms with Crippen molar-refractivity contribution in [2.24, 2.45) is 0 Å². The number of carbonyl (C=O) groups excluding carboxylic acids is 1. The van der Waals surface area contributed by atoms with Crippen LogP contribution in [0, 0.1) is 0 Å². The van der Waals surface area contributed by atoms with Gasteiger partial charge in [0.25, 0.3) is 0 Å². The molecule has 1 amide bonds. The minimum atomic E-state index is -0.329. The van der Waals surface area contributed by atoms with E-state index in [2.05, 4.69) is 12.2 Å². The van der Waals surface area contributed by atoms with Crippen molar-refractivity contribution in [3.63, 3.8) is 0 Å². The van der Waals surface area contributed by atoms with Gasteiger partial charge in [0.1, 0.15) is 0 Å². The molecular formula is C11H20N2O2. The fraction of sp³-hybridized carbons (Fsp3) is 0.909. The Morgan fingerprint density at radius 1 is 1.67 bits per heavy atom. The molecule has 2 aliphatic rings. The zero-order chi connectivity index (χ0) is 10.9. The second kappa shape index (κ2) is 4.10. The summed E-state index contributed by atoms with van der Waals surface area (Å²) < 4.78 is 0. The molecule has 2 saturated heterocycles. The lowest BCUT2D eigenvalue weighted by Crippen LogP contribution is -2.54. The van der Waals surface area contributed by atoms with Crippen LogP contribution in [0.25, 0.3) is 0 Å². The average Bonchev–Trinajstić information content (AvgIpc) is 2.86. The van der Waals surface area contributed by atoms with Crippen LogP contribution in [-0.4, -0.2) is 47.2 Å². The molecule has 0 aromatic heterocycles. The van der Waals surface area contributed by atoms with E-state index >= 15 is 0 Å². The van der Waals surface area contributed by atoms with Gasteiger partial charge in [-0.25, -0.2) is 0 Å². The van der Waals surface area contributed by atoms with Gasteiger partial charge in [-0.3, -0.25) is 4.79 Å². The van der Waals surface area contributed by atoms with Crippen LogP contribution in [0.1, 0.15) is 32.6 Å². The number of hydrogen-bond acceptors (Lipinski definition) is 3. The predicted octanol–water partition coefficient (Wildman–Crippen LogP) is 0.112. The molecule has 2 aliphatic heterocycles. The number of nitrogens with zero attached hydrogens (tertiary/aromatic N) is 1. The maximum absolute atomic E-state index is 12.3. The quantitative estimate of drug-likeness (QED) is 0.683. The van der Waals surface area contributed by atoms with Crippen LogP contribution >= 0.6 is 0 Å². The first-order valence-corrected chi connectivity index (χ1v) is 5.90. The maximum atomic E-state index is 12.3. The number of hydrogen-bond donors (Lipinski definition) is 2. The molecule has 0 radical (unpaired) electrons. The Hall–Kier alpha value is -0.610. The molecule has 0 aromatic carbocycles. The van der Waals surface area contributed by atoms with E-state index in [1.807, 2.05) is 4.90 Å². The highest BCUT2D eigenvalue weighted by Crippen LogP contribution is 2.27. The van der Waals surface area contributed by atoms with E-state index in [-0.39, 0.29) is 17.6 Å². The molecule has 2 atom stereocenters.